The SMILES string of the molecule is C=C/C=C(\C=C/C)SNC1CCC(CC)C/C1=C\C. The highest BCUT2D eigenvalue weighted by atomic mass is 32.2. The molecule has 0 radical (unpaired) electrons. The Morgan fingerprint density at radius 2 is 2.21 bits per heavy atom. The molecule has 1 fully saturated rings. The molecule has 0 spiro atoms. The molecule has 0 aromatic rings. The smallest absolute Gasteiger partial charge is 0.0384 e. The van der Waals surface area contributed by atoms with Gasteiger partial charge in [0, 0.05) is 10.9 Å². The largest absolute Gasteiger partial charge is 0.253 e. The van der Waals surface area contributed by atoms with Gasteiger partial charge in [0.15, 0.2) is 0 Å². The van der Waals surface area contributed by atoms with Crippen LogP contribution in [-0.2, 0) is 0 Å². The summed E-state index contributed by atoms with van der Waals surface area (Å²) in [5, 5.41) is 0. The van der Waals surface area contributed by atoms with E-state index in [1.807, 2.05) is 19.1 Å². The van der Waals surface area contributed by atoms with E-state index in [9.17, 15) is 0 Å². The average molecular weight is 277 g/mol. The first-order valence-corrected chi connectivity index (χ1v) is 8.09. The molecule has 1 N–H and O–H groups in total. The van der Waals surface area contributed by atoms with Gasteiger partial charge in [0.25, 0.3) is 0 Å². The topological polar surface area (TPSA) is 12.0 Å². The molecule has 0 aromatic carbocycles. The summed E-state index contributed by atoms with van der Waals surface area (Å²) in [7, 11) is 0. The fraction of sp³-hybridized carbons (Fsp3) is 0.529. The first-order valence-electron chi connectivity index (χ1n) is 7.27. The first kappa shape index (κ1) is 16.3. The lowest BCUT2D eigenvalue weighted by molar-refractivity contribution is 0.374. The van der Waals surface area contributed by atoms with Gasteiger partial charge in [-0.15, -0.1) is 0 Å². The molecular formula is C17H27NS. The van der Waals surface area contributed by atoms with E-state index in [4.69, 9.17) is 0 Å². The predicted molar refractivity (Wildman–Crippen MR) is 89.0 cm³/mol. The zero-order valence-electron chi connectivity index (χ0n) is 12.5. The molecule has 1 saturated carbocycles. The predicted octanol–water partition coefficient (Wildman–Crippen LogP) is 5.40. The highest BCUT2D eigenvalue weighted by molar-refractivity contribution is 8.01. The summed E-state index contributed by atoms with van der Waals surface area (Å²) in [6.45, 7) is 10.3. The second-order valence-electron chi connectivity index (χ2n) is 5.00. The first-order chi connectivity index (χ1) is 9.24. The van der Waals surface area contributed by atoms with E-state index in [2.05, 4.69) is 43.4 Å². The van der Waals surface area contributed by atoms with Crippen LogP contribution in [0, 0.1) is 5.92 Å². The third-order valence-electron chi connectivity index (χ3n) is 3.72. The summed E-state index contributed by atoms with van der Waals surface area (Å²) < 4.78 is 3.62. The summed E-state index contributed by atoms with van der Waals surface area (Å²) in [4.78, 5) is 1.21. The normalized spacial score (nSPS) is 27.1. The molecule has 0 aliphatic heterocycles. The molecule has 1 aliphatic rings. The van der Waals surface area contributed by atoms with Crippen LogP contribution in [0.1, 0.15) is 46.5 Å². The fourth-order valence-electron chi connectivity index (χ4n) is 2.51. The third-order valence-corrected chi connectivity index (χ3v) is 4.63. The van der Waals surface area contributed by atoms with E-state index in [-0.39, 0.29) is 0 Å². The van der Waals surface area contributed by atoms with Crippen molar-refractivity contribution in [3.63, 3.8) is 0 Å². The second-order valence-corrected chi connectivity index (χ2v) is 5.91. The Hall–Kier alpha value is -0.730. The molecule has 1 aliphatic carbocycles. The number of hydrogen-bond acceptors (Lipinski definition) is 2. The maximum Gasteiger partial charge on any atom is 0.0384 e. The summed E-state index contributed by atoms with van der Waals surface area (Å²) in [6.07, 6.45) is 15.5. The van der Waals surface area contributed by atoms with Crippen molar-refractivity contribution in [2.24, 2.45) is 5.92 Å². The Balaban J connectivity index is 2.56. The van der Waals surface area contributed by atoms with Crippen molar-refractivity contribution in [3.8, 4) is 0 Å². The van der Waals surface area contributed by atoms with Crippen molar-refractivity contribution in [3.05, 3.63) is 47.4 Å². The molecule has 1 nitrogen and oxygen atoms in total. The second kappa shape index (κ2) is 9.22. The molecule has 0 aromatic heterocycles. The maximum atomic E-state index is 3.77. The molecular weight excluding hydrogens is 250 g/mol. The molecule has 1 rings (SSSR count). The van der Waals surface area contributed by atoms with Crippen LogP contribution in [0.25, 0.3) is 0 Å². The van der Waals surface area contributed by atoms with E-state index >= 15 is 0 Å². The molecule has 106 valence electrons. The summed E-state index contributed by atoms with van der Waals surface area (Å²) in [5.41, 5.74) is 1.57. The van der Waals surface area contributed by atoms with Crippen molar-refractivity contribution >= 4 is 11.9 Å². The van der Waals surface area contributed by atoms with Crippen molar-refractivity contribution in [2.75, 3.05) is 0 Å². The minimum Gasteiger partial charge on any atom is -0.253 e. The van der Waals surface area contributed by atoms with Crippen molar-refractivity contribution in [1.82, 2.24) is 4.72 Å². The Kier molecular flexibility index (Phi) is 7.92. The molecule has 2 atom stereocenters. The monoisotopic (exact) mass is 277 g/mol. The Labute approximate surface area is 123 Å². The standard InChI is InChI=1S/C17H27NS/c1-5-9-16(10-6-2)19-18-17-12-11-14(7-3)13-15(17)8-4/h5-6,8-10,14,17-18H,1,7,11-13H2,2-4H3/b10-6-,15-8+,16-9+. The number of allylic oxidation sites excluding steroid dienone is 5. The van der Waals surface area contributed by atoms with E-state index in [1.54, 1.807) is 17.5 Å². The summed E-state index contributed by atoms with van der Waals surface area (Å²) >= 11 is 1.72. The summed E-state index contributed by atoms with van der Waals surface area (Å²) in [5.74, 6) is 0.882. The van der Waals surface area contributed by atoms with Gasteiger partial charge >= 0.3 is 0 Å². The van der Waals surface area contributed by atoms with Gasteiger partial charge in [-0.3, -0.25) is 4.72 Å². The van der Waals surface area contributed by atoms with Gasteiger partial charge in [0.2, 0.25) is 0 Å². The van der Waals surface area contributed by atoms with Crippen molar-refractivity contribution < 1.29 is 0 Å². The van der Waals surface area contributed by atoms with Crippen LogP contribution in [0.5, 0.6) is 0 Å². The molecule has 2 heteroatoms. The maximum absolute atomic E-state index is 3.77. The number of nitrogens with one attached hydrogen (secondary N) is 1. The van der Waals surface area contributed by atoms with Crippen LogP contribution in [0.15, 0.2) is 47.4 Å². The third kappa shape index (κ3) is 5.42. The van der Waals surface area contributed by atoms with Gasteiger partial charge in [-0.25, -0.2) is 0 Å². The van der Waals surface area contributed by atoms with E-state index in [0.29, 0.717) is 6.04 Å². The van der Waals surface area contributed by atoms with Gasteiger partial charge in [0.05, 0.1) is 0 Å². The van der Waals surface area contributed by atoms with E-state index in [1.165, 1.54) is 30.6 Å². The lowest BCUT2D eigenvalue weighted by atomic mass is 9.81. The van der Waals surface area contributed by atoms with Crippen LogP contribution in [-0.4, -0.2) is 6.04 Å². The minimum absolute atomic E-state index is 0.524. The van der Waals surface area contributed by atoms with Gasteiger partial charge in [-0.05, 0) is 57.1 Å². The zero-order chi connectivity index (χ0) is 14.1. The van der Waals surface area contributed by atoms with Crippen LogP contribution < -0.4 is 4.72 Å². The van der Waals surface area contributed by atoms with Crippen molar-refractivity contribution in [2.45, 2.75) is 52.5 Å². The molecule has 0 saturated heterocycles. The van der Waals surface area contributed by atoms with Gasteiger partial charge in [-0.2, -0.15) is 0 Å². The lowest BCUT2D eigenvalue weighted by Gasteiger charge is -2.31. The van der Waals surface area contributed by atoms with Crippen LogP contribution in [0.3, 0.4) is 0 Å². The lowest BCUT2D eigenvalue weighted by Crippen LogP contribution is -2.31. The van der Waals surface area contributed by atoms with Crippen LogP contribution in [0.2, 0.25) is 0 Å². The quantitative estimate of drug-likeness (QED) is 0.396. The molecule has 0 bridgehead atoms. The minimum atomic E-state index is 0.524. The Morgan fingerprint density at radius 1 is 1.42 bits per heavy atom. The molecule has 0 amide bonds. The number of hydrogen-bond donors (Lipinski definition) is 1. The highest BCUT2D eigenvalue weighted by Gasteiger charge is 2.23. The Morgan fingerprint density at radius 3 is 2.79 bits per heavy atom. The fourth-order valence-corrected chi connectivity index (χ4v) is 3.43. The van der Waals surface area contributed by atoms with E-state index in [0.717, 1.165) is 5.92 Å². The van der Waals surface area contributed by atoms with Crippen LogP contribution >= 0.6 is 11.9 Å². The van der Waals surface area contributed by atoms with Gasteiger partial charge in [0.1, 0.15) is 0 Å². The Bertz CT molecular complexity index is 365. The number of rotatable bonds is 6. The molecule has 2 unspecified atom stereocenters. The average Bonchev–Trinajstić information content (AvgIpc) is 2.45. The summed E-state index contributed by atoms with van der Waals surface area (Å²) in [6, 6.07) is 0.524. The van der Waals surface area contributed by atoms with Crippen LogP contribution in [0.4, 0.5) is 0 Å². The molecule has 0 heterocycles. The van der Waals surface area contributed by atoms with Gasteiger partial charge in [-0.1, -0.05) is 49.8 Å². The molecule has 19 heavy (non-hydrogen) atoms. The van der Waals surface area contributed by atoms with Crippen molar-refractivity contribution in [1.29, 1.82) is 0 Å². The van der Waals surface area contributed by atoms with Gasteiger partial charge < -0.3 is 0 Å². The zero-order valence-corrected chi connectivity index (χ0v) is 13.3. The van der Waals surface area contributed by atoms with E-state index < -0.39 is 0 Å². The highest BCUT2D eigenvalue weighted by Crippen LogP contribution is 2.32.